The number of hydrogen-bond donors (Lipinski definition) is 2. The van der Waals surface area contributed by atoms with Crippen molar-refractivity contribution in [1.29, 1.82) is 0 Å². The molecule has 0 spiro atoms. The van der Waals surface area contributed by atoms with Crippen LogP contribution in [0.3, 0.4) is 0 Å². The second kappa shape index (κ2) is 9.66. The van der Waals surface area contributed by atoms with E-state index in [1.54, 1.807) is 11.3 Å². The molecule has 1 aliphatic heterocycles. The summed E-state index contributed by atoms with van der Waals surface area (Å²) in [7, 11) is 1.81. The van der Waals surface area contributed by atoms with Gasteiger partial charge in [0, 0.05) is 46.3 Å². The predicted octanol–water partition coefficient (Wildman–Crippen LogP) is 2.36. The number of anilines is 1. The van der Waals surface area contributed by atoms with E-state index in [-0.39, 0.29) is 6.09 Å². The van der Waals surface area contributed by atoms with Gasteiger partial charge in [0.1, 0.15) is 5.60 Å². The Balaban J connectivity index is 1.63. The zero-order valence-corrected chi connectivity index (χ0v) is 17.1. The van der Waals surface area contributed by atoms with E-state index in [0.29, 0.717) is 6.54 Å². The molecular weight excluding hydrogens is 350 g/mol. The van der Waals surface area contributed by atoms with Crippen LogP contribution in [0.1, 0.15) is 27.2 Å². The monoisotopic (exact) mass is 381 g/mol. The molecule has 2 N–H and O–H groups in total. The molecule has 7 nitrogen and oxygen atoms in total. The van der Waals surface area contributed by atoms with E-state index >= 15 is 0 Å². The van der Waals surface area contributed by atoms with E-state index in [9.17, 15) is 4.79 Å². The lowest BCUT2D eigenvalue weighted by Crippen LogP contribution is -2.52. The van der Waals surface area contributed by atoms with Crippen LogP contribution >= 0.6 is 11.3 Å². The average molecular weight is 382 g/mol. The third-order valence-electron chi connectivity index (χ3n) is 3.91. The summed E-state index contributed by atoms with van der Waals surface area (Å²) in [5, 5.41) is 9.60. The van der Waals surface area contributed by atoms with E-state index in [2.05, 4.69) is 42.9 Å². The molecular formula is C18H31N5O2S. The summed E-state index contributed by atoms with van der Waals surface area (Å²) < 4.78 is 5.22. The fraction of sp³-hybridized carbons (Fsp3) is 0.667. The summed E-state index contributed by atoms with van der Waals surface area (Å²) in [6.07, 6.45) is 0.444. The van der Waals surface area contributed by atoms with Gasteiger partial charge in [-0.15, -0.1) is 11.3 Å². The second-order valence-electron chi connectivity index (χ2n) is 7.18. The molecule has 26 heavy (non-hydrogen) atoms. The Hall–Kier alpha value is -1.96. The van der Waals surface area contributed by atoms with Crippen LogP contribution in [0, 0.1) is 0 Å². The van der Waals surface area contributed by atoms with Crippen LogP contribution in [0.5, 0.6) is 0 Å². The lowest BCUT2D eigenvalue weighted by Gasteiger charge is -2.37. The maximum absolute atomic E-state index is 11.6. The molecule has 1 aromatic rings. The number of rotatable bonds is 5. The minimum absolute atomic E-state index is 0.369. The Morgan fingerprint density at radius 3 is 2.50 bits per heavy atom. The molecule has 146 valence electrons. The first-order chi connectivity index (χ1) is 12.4. The summed E-state index contributed by atoms with van der Waals surface area (Å²) in [5.74, 6) is 0.924. The number of nitrogens with zero attached hydrogens (tertiary/aromatic N) is 3. The highest BCUT2D eigenvalue weighted by Crippen LogP contribution is 2.22. The van der Waals surface area contributed by atoms with Gasteiger partial charge in [0.25, 0.3) is 0 Å². The molecule has 1 amide bonds. The number of hydrogen-bond acceptors (Lipinski definition) is 5. The van der Waals surface area contributed by atoms with Crippen molar-refractivity contribution in [3.63, 3.8) is 0 Å². The van der Waals surface area contributed by atoms with Crippen LogP contribution in [0.4, 0.5) is 9.80 Å². The first-order valence-electron chi connectivity index (χ1n) is 9.10. The number of nitrogens with one attached hydrogen (secondary N) is 2. The SMILES string of the molecule is CN=C(NCCCNC(=O)OC(C)(C)C)N1CCN(c2cccs2)CC1. The van der Waals surface area contributed by atoms with Crippen molar-refractivity contribution in [3.8, 4) is 0 Å². The molecule has 0 aromatic carbocycles. The smallest absolute Gasteiger partial charge is 0.407 e. The zero-order chi connectivity index (χ0) is 19.0. The number of carbonyl (C=O) groups excluding carboxylic acids is 1. The summed E-state index contributed by atoms with van der Waals surface area (Å²) in [6, 6.07) is 4.27. The molecule has 0 aliphatic carbocycles. The number of alkyl carbamates (subject to hydrolysis) is 1. The van der Waals surface area contributed by atoms with Gasteiger partial charge in [0.05, 0.1) is 5.00 Å². The molecule has 1 fully saturated rings. The first-order valence-corrected chi connectivity index (χ1v) is 9.98. The van der Waals surface area contributed by atoms with Crippen molar-refractivity contribution in [2.75, 3.05) is 51.2 Å². The molecule has 0 unspecified atom stereocenters. The summed E-state index contributed by atoms with van der Waals surface area (Å²) in [5.41, 5.74) is -0.463. The van der Waals surface area contributed by atoms with Crippen LogP contribution < -0.4 is 15.5 Å². The number of guanidine groups is 1. The van der Waals surface area contributed by atoms with Crippen LogP contribution in [-0.4, -0.2) is 68.9 Å². The highest BCUT2D eigenvalue weighted by Gasteiger charge is 2.20. The van der Waals surface area contributed by atoms with Crippen LogP contribution in [0.25, 0.3) is 0 Å². The fourth-order valence-corrected chi connectivity index (χ4v) is 3.50. The van der Waals surface area contributed by atoms with Gasteiger partial charge in [-0.3, -0.25) is 4.99 Å². The van der Waals surface area contributed by atoms with Crippen molar-refractivity contribution >= 4 is 28.4 Å². The molecule has 1 aliphatic rings. The second-order valence-corrected chi connectivity index (χ2v) is 8.11. The van der Waals surface area contributed by atoms with Crippen molar-refractivity contribution in [2.45, 2.75) is 32.8 Å². The van der Waals surface area contributed by atoms with Gasteiger partial charge >= 0.3 is 6.09 Å². The third-order valence-corrected chi connectivity index (χ3v) is 4.84. The minimum Gasteiger partial charge on any atom is -0.444 e. The Morgan fingerprint density at radius 2 is 1.92 bits per heavy atom. The number of piperazine rings is 1. The lowest BCUT2D eigenvalue weighted by atomic mass is 10.2. The third kappa shape index (κ3) is 6.74. The molecule has 2 heterocycles. The minimum atomic E-state index is -0.463. The van der Waals surface area contributed by atoms with Crippen molar-refractivity contribution < 1.29 is 9.53 Å². The van der Waals surface area contributed by atoms with E-state index in [1.165, 1.54) is 5.00 Å². The molecule has 2 rings (SSSR count). The first kappa shape index (κ1) is 20.4. The van der Waals surface area contributed by atoms with Crippen molar-refractivity contribution in [2.24, 2.45) is 4.99 Å². The maximum atomic E-state index is 11.6. The highest BCUT2D eigenvalue weighted by atomic mass is 32.1. The van der Waals surface area contributed by atoms with Gasteiger partial charge in [0.2, 0.25) is 0 Å². The van der Waals surface area contributed by atoms with Gasteiger partial charge < -0.3 is 25.2 Å². The van der Waals surface area contributed by atoms with E-state index in [0.717, 1.165) is 45.1 Å². The molecule has 8 heteroatoms. The Bertz CT molecular complexity index is 575. The fourth-order valence-electron chi connectivity index (χ4n) is 2.71. The highest BCUT2D eigenvalue weighted by molar-refractivity contribution is 7.14. The summed E-state index contributed by atoms with van der Waals surface area (Å²) in [4.78, 5) is 20.7. The zero-order valence-electron chi connectivity index (χ0n) is 16.2. The number of amides is 1. The topological polar surface area (TPSA) is 69.2 Å². The number of aliphatic imine (C=N–C) groups is 1. The molecule has 1 aromatic heterocycles. The van der Waals surface area contributed by atoms with Gasteiger partial charge in [-0.2, -0.15) is 0 Å². The normalized spacial score (nSPS) is 15.8. The van der Waals surface area contributed by atoms with Crippen LogP contribution in [-0.2, 0) is 4.74 Å². The quantitative estimate of drug-likeness (QED) is 0.466. The van der Waals surface area contributed by atoms with Gasteiger partial charge in [-0.25, -0.2) is 4.79 Å². The van der Waals surface area contributed by atoms with E-state index in [4.69, 9.17) is 4.74 Å². The predicted molar refractivity (Wildman–Crippen MR) is 108 cm³/mol. The largest absolute Gasteiger partial charge is 0.444 e. The van der Waals surface area contributed by atoms with Crippen LogP contribution in [0.15, 0.2) is 22.5 Å². The Kier molecular flexibility index (Phi) is 7.56. The standard InChI is InChI=1S/C18H31N5O2S/c1-18(2,3)25-17(24)21-9-6-8-20-16(19-4)23-12-10-22(11-13-23)15-7-5-14-26-15/h5,7,14H,6,8-13H2,1-4H3,(H,19,20)(H,21,24). The number of carbonyl (C=O) groups is 1. The van der Waals surface area contributed by atoms with Crippen molar-refractivity contribution in [1.82, 2.24) is 15.5 Å². The molecule has 1 saturated heterocycles. The van der Waals surface area contributed by atoms with Crippen molar-refractivity contribution in [3.05, 3.63) is 17.5 Å². The van der Waals surface area contributed by atoms with Gasteiger partial charge in [-0.05, 0) is 44.7 Å². The van der Waals surface area contributed by atoms with Gasteiger partial charge in [-0.1, -0.05) is 0 Å². The Labute approximate surface area is 160 Å². The van der Waals surface area contributed by atoms with E-state index < -0.39 is 5.60 Å². The maximum Gasteiger partial charge on any atom is 0.407 e. The van der Waals surface area contributed by atoms with Crippen LogP contribution in [0.2, 0.25) is 0 Å². The molecule has 0 atom stereocenters. The van der Waals surface area contributed by atoms with Gasteiger partial charge in [0.15, 0.2) is 5.96 Å². The van der Waals surface area contributed by atoms with E-state index in [1.807, 2.05) is 27.8 Å². The Morgan fingerprint density at radius 1 is 1.23 bits per heavy atom. The molecule has 0 bridgehead atoms. The molecule has 0 radical (unpaired) electrons. The summed E-state index contributed by atoms with van der Waals surface area (Å²) in [6.45, 7) is 10.8. The summed E-state index contributed by atoms with van der Waals surface area (Å²) >= 11 is 1.79. The molecule has 0 saturated carbocycles. The average Bonchev–Trinajstić information content (AvgIpc) is 3.11. The number of ether oxygens (including phenoxy) is 1. The number of thiophene rings is 1. The lowest BCUT2D eigenvalue weighted by molar-refractivity contribution is 0.0527.